The molecule has 2 rings (SSSR count). The van der Waals surface area contributed by atoms with Crippen LogP contribution in [0.5, 0.6) is 0 Å². The maximum Gasteiger partial charge on any atom is 0.255 e. The van der Waals surface area contributed by atoms with Gasteiger partial charge in [-0.2, -0.15) is 0 Å². The summed E-state index contributed by atoms with van der Waals surface area (Å²) in [6, 6.07) is 12.5. The molecule has 5 N–H and O–H groups in total. The highest BCUT2D eigenvalue weighted by molar-refractivity contribution is 5.91. The van der Waals surface area contributed by atoms with Crippen LogP contribution in [0.15, 0.2) is 60.9 Å². The van der Waals surface area contributed by atoms with E-state index in [1.54, 1.807) is 37.5 Å². The number of nitrogens with one attached hydrogen (secondary N) is 2. The van der Waals surface area contributed by atoms with Gasteiger partial charge in [0.1, 0.15) is 0 Å². The van der Waals surface area contributed by atoms with Crippen LogP contribution in [0.3, 0.4) is 0 Å². The Bertz CT molecular complexity index is 905. The highest BCUT2D eigenvalue weighted by Gasteiger charge is 2.35. The molecule has 9 heteroatoms. The molecule has 0 aliphatic carbocycles. The number of benzene rings is 1. The smallest absolute Gasteiger partial charge is 0.255 e. The number of hydrogen-bond acceptors (Lipinski definition) is 7. The van der Waals surface area contributed by atoms with Crippen molar-refractivity contribution in [3.8, 4) is 0 Å². The van der Waals surface area contributed by atoms with Crippen molar-refractivity contribution < 1.29 is 19.4 Å². The van der Waals surface area contributed by atoms with Crippen LogP contribution in [0.2, 0.25) is 0 Å². The number of nitrogens with zero attached hydrogens (tertiary/aromatic N) is 2. The SMILES string of the molecule is CCN(Cc1ccccn1)C(=O)C(O)C(OC)C(=O)N[C@H](C)c1ccc(N/C=C\CN)cc1. The summed E-state index contributed by atoms with van der Waals surface area (Å²) in [7, 11) is 1.29. The van der Waals surface area contributed by atoms with Gasteiger partial charge in [0.25, 0.3) is 11.8 Å². The van der Waals surface area contributed by atoms with Crippen molar-refractivity contribution in [2.45, 2.75) is 38.6 Å². The first kappa shape index (κ1) is 26.0. The quantitative estimate of drug-likeness (QED) is 0.382. The summed E-state index contributed by atoms with van der Waals surface area (Å²) in [6.07, 6.45) is 2.20. The Kier molecular flexibility index (Phi) is 10.5. The summed E-state index contributed by atoms with van der Waals surface area (Å²) in [6.45, 7) is 4.63. The first-order valence-electron chi connectivity index (χ1n) is 10.8. The number of likely N-dealkylation sites (N-methyl/N-ethyl adjacent to an activating group) is 1. The van der Waals surface area contributed by atoms with Crippen LogP contribution < -0.4 is 16.4 Å². The van der Waals surface area contributed by atoms with E-state index in [1.165, 1.54) is 12.0 Å². The minimum Gasteiger partial charge on any atom is -0.380 e. The number of aliphatic hydroxyl groups is 1. The zero-order valence-electron chi connectivity index (χ0n) is 19.3. The Labute approximate surface area is 194 Å². The first-order valence-corrected chi connectivity index (χ1v) is 10.8. The zero-order valence-corrected chi connectivity index (χ0v) is 19.3. The van der Waals surface area contributed by atoms with E-state index in [9.17, 15) is 14.7 Å². The number of amides is 2. The van der Waals surface area contributed by atoms with Crippen molar-refractivity contribution in [3.05, 3.63) is 72.2 Å². The molecule has 2 unspecified atom stereocenters. The molecule has 1 aromatic carbocycles. The normalized spacial score (nSPS) is 13.8. The zero-order chi connectivity index (χ0) is 24.2. The summed E-state index contributed by atoms with van der Waals surface area (Å²) in [5.41, 5.74) is 7.84. The van der Waals surface area contributed by atoms with Gasteiger partial charge in [0.05, 0.1) is 18.3 Å². The van der Waals surface area contributed by atoms with Gasteiger partial charge in [-0.15, -0.1) is 0 Å². The Hall–Kier alpha value is -3.27. The van der Waals surface area contributed by atoms with Gasteiger partial charge in [0.15, 0.2) is 12.2 Å². The summed E-state index contributed by atoms with van der Waals surface area (Å²) in [5, 5.41) is 16.5. The number of anilines is 1. The van der Waals surface area contributed by atoms with Crippen molar-refractivity contribution >= 4 is 17.5 Å². The molecule has 0 bridgehead atoms. The summed E-state index contributed by atoms with van der Waals surface area (Å²) >= 11 is 0. The Morgan fingerprint density at radius 1 is 1.24 bits per heavy atom. The Morgan fingerprint density at radius 3 is 2.55 bits per heavy atom. The van der Waals surface area contributed by atoms with Gasteiger partial charge < -0.3 is 31.1 Å². The number of hydrogen-bond donors (Lipinski definition) is 4. The molecule has 178 valence electrons. The lowest BCUT2D eigenvalue weighted by Crippen LogP contribution is -2.51. The van der Waals surface area contributed by atoms with Crippen LogP contribution >= 0.6 is 0 Å². The maximum absolute atomic E-state index is 12.9. The molecular weight excluding hydrogens is 422 g/mol. The molecule has 0 saturated heterocycles. The molecule has 0 fully saturated rings. The largest absolute Gasteiger partial charge is 0.380 e. The number of nitrogens with two attached hydrogens (primary N) is 1. The Morgan fingerprint density at radius 2 is 1.97 bits per heavy atom. The molecule has 0 aliphatic heterocycles. The molecule has 0 aliphatic rings. The minimum atomic E-state index is -1.65. The van der Waals surface area contributed by atoms with Crippen molar-refractivity contribution in [1.82, 2.24) is 15.2 Å². The van der Waals surface area contributed by atoms with Crippen LogP contribution in [0.4, 0.5) is 5.69 Å². The number of ether oxygens (including phenoxy) is 1. The fraction of sp³-hybridized carbons (Fsp3) is 0.375. The molecule has 0 radical (unpaired) electrons. The van der Waals surface area contributed by atoms with Crippen molar-refractivity contribution in [3.63, 3.8) is 0 Å². The fourth-order valence-corrected chi connectivity index (χ4v) is 3.20. The number of aliphatic hydroxyl groups excluding tert-OH is 1. The third-order valence-corrected chi connectivity index (χ3v) is 5.10. The van der Waals surface area contributed by atoms with Gasteiger partial charge in [0.2, 0.25) is 0 Å². The summed E-state index contributed by atoms with van der Waals surface area (Å²) in [5.74, 6) is -1.17. The van der Waals surface area contributed by atoms with Crippen LogP contribution in [-0.2, 0) is 20.9 Å². The van der Waals surface area contributed by atoms with Crippen molar-refractivity contribution in [2.24, 2.45) is 5.73 Å². The predicted octanol–water partition coefficient (Wildman–Crippen LogP) is 1.57. The molecule has 0 spiro atoms. The van der Waals surface area contributed by atoms with Crippen LogP contribution in [0, 0.1) is 0 Å². The second-order valence-electron chi connectivity index (χ2n) is 7.41. The molecule has 9 nitrogen and oxygen atoms in total. The van der Waals surface area contributed by atoms with Gasteiger partial charge in [-0.3, -0.25) is 14.6 Å². The third-order valence-electron chi connectivity index (χ3n) is 5.10. The van der Waals surface area contributed by atoms with Crippen LogP contribution in [-0.4, -0.2) is 59.2 Å². The average molecular weight is 456 g/mol. The van der Waals surface area contributed by atoms with E-state index in [0.717, 1.165) is 11.3 Å². The maximum atomic E-state index is 12.9. The molecule has 1 heterocycles. The monoisotopic (exact) mass is 455 g/mol. The number of pyridine rings is 1. The fourth-order valence-electron chi connectivity index (χ4n) is 3.20. The molecule has 1 aromatic heterocycles. The highest BCUT2D eigenvalue weighted by atomic mass is 16.5. The second-order valence-corrected chi connectivity index (χ2v) is 7.41. The summed E-state index contributed by atoms with van der Waals surface area (Å²) in [4.78, 5) is 31.3. The number of methoxy groups -OCH3 is 1. The number of carbonyl (C=O) groups excluding carboxylic acids is 2. The molecule has 33 heavy (non-hydrogen) atoms. The summed E-state index contributed by atoms with van der Waals surface area (Å²) < 4.78 is 5.20. The van der Waals surface area contributed by atoms with Gasteiger partial charge in [-0.25, -0.2) is 0 Å². The first-order chi connectivity index (χ1) is 15.9. The lowest BCUT2D eigenvalue weighted by Gasteiger charge is -2.27. The van der Waals surface area contributed by atoms with E-state index in [-0.39, 0.29) is 12.6 Å². The van der Waals surface area contributed by atoms with Crippen molar-refractivity contribution in [1.29, 1.82) is 0 Å². The predicted molar refractivity (Wildman–Crippen MR) is 127 cm³/mol. The highest BCUT2D eigenvalue weighted by Crippen LogP contribution is 2.17. The molecular formula is C24H33N5O4. The number of rotatable bonds is 12. The van der Waals surface area contributed by atoms with Crippen LogP contribution in [0.25, 0.3) is 0 Å². The topological polar surface area (TPSA) is 130 Å². The minimum absolute atomic E-state index is 0.225. The second kappa shape index (κ2) is 13.3. The van der Waals surface area contributed by atoms with Gasteiger partial charge in [-0.05, 0) is 49.9 Å². The van der Waals surface area contributed by atoms with Crippen molar-refractivity contribution in [2.75, 3.05) is 25.5 Å². The molecule has 0 saturated carbocycles. The standard InChI is InChI=1S/C24H33N5O4/c1-4-29(16-20-8-5-6-14-27-20)24(32)21(30)22(33-3)23(31)28-17(2)18-9-11-19(12-10-18)26-15-7-13-25/h5-12,14-15,17,21-22,26,30H,4,13,16,25H2,1-3H3,(H,28,31)/b15-7-/t17-,21?,22?/m1/s1. The van der Waals surface area contributed by atoms with Crippen LogP contribution in [0.1, 0.15) is 31.1 Å². The van der Waals surface area contributed by atoms with Gasteiger partial charge >= 0.3 is 0 Å². The van der Waals surface area contributed by atoms with E-state index in [2.05, 4.69) is 15.6 Å². The number of aromatic nitrogens is 1. The van der Waals surface area contributed by atoms with Gasteiger partial charge in [0, 0.05) is 32.1 Å². The van der Waals surface area contributed by atoms with Gasteiger partial charge in [-0.1, -0.05) is 24.3 Å². The lowest BCUT2D eigenvalue weighted by molar-refractivity contribution is -0.156. The van der Waals surface area contributed by atoms with E-state index in [4.69, 9.17) is 10.5 Å². The average Bonchev–Trinajstić information content (AvgIpc) is 2.83. The lowest BCUT2D eigenvalue weighted by atomic mass is 10.1. The third kappa shape index (κ3) is 7.67. The molecule has 2 amide bonds. The van der Waals surface area contributed by atoms with E-state index >= 15 is 0 Å². The van der Waals surface area contributed by atoms with E-state index < -0.39 is 24.0 Å². The van der Waals surface area contributed by atoms with E-state index in [1.807, 2.05) is 37.3 Å². The Balaban J connectivity index is 2.00. The molecule has 2 aromatic rings. The number of carbonyl (C=O) groups is 2. The molecule has 3 atom stereocenters. The van der Waals surface area contributed by atoms with E-state index in [0.29, 0.717) is 18.8 Å².